The number of nitrogens with zero attached hydrogens (tertiary/aromatic N) is 1. The van der Waals surface area contributed by atoms with Crippen molar-refractivity contribution in [3.8, 4) is 0 Å². The van der Waals surface area contributed by atoms with Gasteiger partial charge in [0, 0.05) is 18.8 Å². The second-order valence-corrected chi connectivity index (χ2v) is 4.68. The Balaban J connectivity index is 2.35. The van der Waals surface area contributed by atoms with Crippen molar-refractivity contribution >= 4 is 17.6 Å². The Labute approximate surface area is 112 Å². The molecule has 2 amide bonds. The zero-order chi connectivity index (χ0) is 13.5. The average Bonchev–Trinajstić information content (AvgIpc) is 2.37. The number of hydrogen-bond donors (Lipinski definition) is 3. The van der Waals surface area contributed by atoms with Gasteiger partial charge in [-0.2, -0.15) is 0 Å². The molecule has 0 saturated heterocycles. The van der Waals surface area contributed by atoms with Gasteiger partial charge in [0.05, 0.1) is 17.3 Å². The Bertz CT molecular complexity index is 383. The highest BCUT2D eigenvalue weighted by atomic mass is 35.5. The third kappa shape index (κ3) is 4.89. The Morgan fingerprint density at radius 1 is 1.50 bits per heavy atom. The monoisotopic (exact) mass is 271 g/mol. The molecule has 0 aromatic carbocycles. The SMILES string of the molecule is CC(CO)C(C)NC(=O)NCc1ccc(Cl)cn1. The summed E-state index contributed by atoms with van der Waals surface area (Å²) in [4.78, 5) is 15.6. The average molecular weight is 272 g/mol. The zero-order valence-corrected chi connectivity index (χ0v) is 11.2. The summed E-state index contributed by atoms with van der Waals surface area (Å²) in [5, 5.41) is 15.0. The molecule has 0 aliphatic heterocycles. The first-order valence-electron chi connectivity index (χ1n) is 5.78. The molecule has 1 rings (SSSR count). The van der Waals surface area contributed by atoms with E-state index in [-0.39, 0.29) is 24.6 Å². The third-order valence-electron chi connectivity index (χ3n) is 2.72. The number of amides is 2. The molecule has 0 saturated carbocycles. The molecule has 1 aromatic rings. The summed E-state index contributed by atoms with van der Waals surface area (Å²) >= 11 is 5.71. The lowest BCUT2D eigenvalue weighted by Gasteiger charge is -2.19. The van der Waals surface area contributed by atoms with Gasteiger partial charge in [-0.25, -0.2) is 4.79 Å². The van der Waals surface area contributed by atoms with E-state index in [2.05, 4.69) is 15.6 Å². The number of urea groups is 1. The minimum absolute atomic E-state index is 0.0180. The number of carbonyl (C=O) groups is 1. The minimum Gasteiger partial charge on any atom is -0.396 e. The van der Waals surface area contributed by atoms with E-state index in [1.165, 1.54) is 6.20 Å². The van der Waals surface area contributed by atoms with E-state index in [0.29, 0.717) is 11.6 Å². The molecule has 1 heterocycles. The number of aliphatic hydroxyl groups is 1. The van der Waals surface area contributed by atoms with Gasteiger partial charge < -0.3 is 15.7 Å². The molecular weight excluding hydrogens is 254 g/mol. The van der Waals surface area contributed by atoms with Gasteiger partial charge in [0.2, 0.25) is 0 Å². The molecule has 0 radical (unpaired) electrons. The van der Waals surface area contributed by atoms with E-state index in [0.717, 1.165) is 5.69 Å². The van der Waals surface area contributed by atoms with Crippen LogP contribution in [0.3, 0.4) is 0 Å². The fourth-order valence-corrected chi connectivity index (χ4v) is 1.35. The second kappa shape index (κ2) is 7.18. The van der Waals surface area contributed by atoms with Crippen LogP contribution in [0.4, 0.5) is 4.79 Å². The predicted molar refractivity (Wildman–Crippen MR) is 70.3 cm³/mol. The van der Waals surface area contributed by atoms with Crippen LogP contribution >= 0.6 is 11.6 Å². The van der Waals surface area contributed by atoms with Crippen LogP contribution in [-0.2, 0) is 6.54 Å². The number of rotatable bonds is 5. The molecule has 3 N–H and O–H groups in total. The Hall–Kier alpha value is -1.33. The summed E-state index contributed by atoms with van der Waals surface area (Å²) in [5.74, 6) is 0.0180. The maximum atomic E-state index is 11.6. The number of hydrogen-bond acceptors (Lipinski definition) is 3. The van der Waals surface area contributed by atoms with Crippen molar-refractivity contribution in [3.05, 3.63) is 29.0 Å². The molecule has 100 valence electrons. The molecule has 0 spiro atoms. The van der Waals surface area contributed by atoms with Crippen molar-refractivity contribution < 1.29 is 9.90 Å². The summed E-state index contributed by atoms with van der Waals surface area (Å²) in [6.07, 6.45) is 1.53. The van der Waals surface area contributed by atoms with Gasteiger partial charge in [0.1, 0.15) is 0 Å². The van der Waals surface area contributed by atoms with Crippen molar-refractivity contribution in [2.75, 3.05) is 6.61 Å². The normalized spacial score (nSPS) is 13.8. The maximum absolute atomic E-state index is 11.6. The molecular formula is C12H18ClN3O2. The van der Waals surface area contributed by atoms with Crippen LogP contribution in [0.1, 0.15) is 19.5 Å². The molecule has 0 bridgehead atoms. The number of aromatic nitrogens is 1. The number of pyridine rings is 1. The van der Waals surface area contributed by atoms with Crippen LogP contribution in [0.25, 0.3) is 0 Å². The number of aliphatic hydroxyl groups excluding tert-OH is 1. The molecule has 2 unspecified atom stereocenters. The Morgan fingerprint density at radius 3 is 2.78 bits per heavy atom. The zero-order valence-electron chi connectivity index (χ0n) is 10.5. The van der Waals surface area contributed by atoms with Crippen LogP contribution < -0.4 is 10.6 Å². The van der Waals surface area contributed by atoms with Crippen molar-refractivity contribution in [1.82, 2.24) is 15.6 Å². The van der Waals surface area contributed by atoms with E-state index in [9.17, 15) is 4.79 Å². The van der Waals surface area contributed by atoms with Gasteiger partial charge in [-0.3, -0.25) is 4.98 Å². The molecule has 6 heteroatoms. The van der Waals surface area contributed by atoms with E-state index in [1.54, 1.807) is 12.1 Å². The minimum atomic E-state index is -0.278. The topological polar surface area (TPSA) is 74.2 Å². The van der Waals surface area contributed by atoms with Crippen LogP contribution in [-0.4, -0.2) is 28.8 Å². The first-order valence-corrected chi connectivity index (χ1v) is 6.16. The Kier molecular flexibility index (Phi) is 5.88. The molecule has 1 aromatic heterocycles. The highest BCUT2D eigenvalue weighted by molar-refractivity contribution is 6.30. The first kappa shape index (κ1) is 14.7. The summed E-state index contributed by atoms with van der Waals surface area (Å²) < 4.78 is 0. The lowest BCUT2D eigenvalue weighted by atomic mass is 10.1. The number of halogens is 1. The largest absolute Gasteiger partial charge is 0.396 e. The standard InChI is InChI=1S/C12H18ClN3O2/c1-8(7-17)9(2)16-12(18)15-6-11-4-3-10(13)5-14-11/h3-5,8-9,17H,6-7H2,1-2H3,(H2,15,16,18). The molecule has 0 aliphatic carbocycles. The highest BCUT2D eigenvalue weighted by Gasteiger charge is 2.13. The second-order valence-electron chi connectivity index (χ2n) is 4.24. The maximum Gasteiger partial charge on any atom is 0.315 e. The van der Waals surface area contributed by atoms with Gasteiger partial charge in [-0.1, -0.05) is 18.5 Å². The van der Waals surface area contributed by atoms with E-state index in [1.807, 2.05) is 13.8 Å². The van der Waals surface area contributed by atoms with E-state index < -0.39 is 0 Å². The van der Waals surface area contributed by atoms with Gasteiger partial charge in [0.25, 0.3) is 0 Å². The van der Waals surface area contributed by atoms with Crippen molar-refractivity contribution in [2.45, 2.75) is 26.4 Å². The highest BCUT2D eigenvalue weighted by Crippen LogP contribution is 2.05. The predicted octanol–water partition coefficient (Wildman–Crippen LogP) is 1.55. The fourth-order valence-electron chi connectivity index (χ4n) is 1.24. The van der Waals surface area contributed by atoms with Crippen molar-refractivity contribution in [1.29, 1.82) is 0 Å². The van der Waals surface area contributed by atoms with Crippen LogP contribution in [0.2, 0.25) is 5.02 Å². The van der Waals surface area contributed by atoms with Gasteiger partial charge in [-0.15, -0.1) is 0 Å². The van der Waals surface area contributed by atoms with E-state index in [4.69, 9.17) is 16.7 Å². The molecule has 18 heavy (non-hydrogen) atoms. The summed E-state index contributed by atoms with van der Waals surface area (Å²) in [6.45, 7) is 4.09. The Morgan fingerprint density at radius 2 is 2.22 bits per heavy atom. The van der Waals surface area contributed by atoms with Gasteiger partial charge in [0.15, 0.2) is 0 Å². The number of carbonyl (C=O) groups excluding carboxylic acids is 1. The fraction of sp³-hybridized carbons (Fsp3) is 0.500. The van der Waals surface area contributed by atoms with E-state index >= 15 is 0 Å². The lowest BCUT2D eigenvalue weighted by Crippen LogP contribution is -2.44. The number of nitrogens with one attached hydrogen (secondary N) is 2. The molecule has 5 nitrogen and oxygen atoms in total. The van der Waals surface area contributed by atoms with Crippen molar-refractivity contribution in [3.63, 3.8) is 0 Å². The summed E-state index contributed by atoms with van der Waals surface area (Å²) in [6, 6.07) is 3.11. The molecule has 2 atom stereocenters. The van der Waals surface area contributed by atoms with Gasteiger partial charge >= 0.3 is 6.03 Å². The van der Waals surface area contributed by atoms with Crippen molar-refractivity contribution in [2.24, 2.45) is 5.92 Å². The van der Waals surface area contributed by atoms with Gasteiger partial charge in [-0.05, 0) is 25.0 Å². The smallest absolute Gasteiger partial charge is 0.315 e. The summed E-state index contributed by atoms with van der Waals surface area (Å²) in [5.41, 5.74) is 0.734. The quantitative estimate of drug-likeness (QED) is 0.761. The molecule has 0 fully saturated rings. The lowest BCUT2D eigenvalue weighted by molar-refractivity contribution is 0.200. The van der Waals surface area contributed by atoms with Crippen LogP contribution in [0.15, 0.2) is 18.3 Å². The third-order valence-corrected chi connectivity index (χ3v) is 2.94. The van der Waals surface area contributed by atoms with Crippen LogP contribution in [0, 0.1) is 5.92 Å². The molecule has 0 aliphatic rings. The first-order chi connectivity index (χ1) is 8.52. The van der Waals surface area contributed by atoms with Crippen LogP contribution in [0.5, 0.6) is 0 Å². The summed E-state index contributed by atoms with van der Waals surface area (Å²) in [7, 11) is 0.